The summed E-state index contributed by atoms with van der Waals surface area (Å²) in [6.07, 6.45) is 0.251. The van der Waals surface area contributed by atoms with Crippen LogP contribution in [0.1, 0.15) is 38.8 Å². The van der Waals surface area contributed by atoms with Crippen molar-refractivity contribution in [3.63, 3.8) is 0 Å². The number of nitrogen functional groups attached to an aromatic ring is 1. The molecule has 0 saturated carbocycles. The molecule has 0 heterocycles. The lowest BCUT2D eigenvalue weighted by atomic mass is 9.97. The van der Waals surface area contributed by atoms with Crippen LogP contribution in [0.5, 0.6) is 11.5 Å². The molecule has 0 aliphatic heterocycles. The smallest absolute Gasteiger partial charge is 0.344 e. The summed E-state index contributed by atoms with van der Waals surface area (Å²) in [5.41, 5.74) is 7.52. The van der Waals surface area contributed by atoms with E-state index < -0.39 is 17.9 Å². The zero-order valence-electron chi connectivity index (χ0n) is 21.1. The Hall–Kier alpha value is -4.37. The van der Waals surface area contributed by atoms with E-state index in [4.69, 9.17) is 25.4 Å². The third kappa shape index (κ3) is 8.35. The number of carbonyl (C=O) groups is 3. The van der Waals surface area contributed by atoms with Crippen molar-refractivity contribution in [3.05, 3.63) is 95.1 Å². The number of nitrogens with one attached hydrogen (secondary N) is 2. The molecule has 1 amide bonds. The Balaban J connectivity index is 0.00000507. The van der Waals surface area contributed by atoms with Gasteiger partial charge in [0.15, 0.2) is 12.4 Å². The predicted molar refractivity (Wildman–Crippen MR) is 146 cm³/mol. The molecule has 10 heteroatoms. The molecule has 0 aliphatic carbocycles. The molecule has 0 bridgehead atoms. The highest BCUT2D eigenvalue weighted by atomic mass is 35.5. The first-order valence-corrected chi connectivity index (χ1v) is 11.6. The van der Waals surface area contributed by atoms with E-state index >= 15 is 0 Å². The molecule has 1 atom stereocenters. The fourth-order valence-electron chi connectivity index (χ4n) is 3.51. The fraction of sp³-hybridized carbons (Fsp3) is 0.214. The van der Waals surface area contributed by atoms with E-state index in [1.807, 2.05) is 12.1 Å². The van der Waals surface area contributed by atoms with Crippen LogP contribution in [0.3, 0.4) is 0 Å². The summed E-state index contributed by atoms with van der Waals surface area (Å²) in [4.78, 5) is 37.9. The van der Waals surface area contributed by atoms with Gasteiger partial charge in [-0.1, -0.05) is 24.3 Å². The number of esters is 1. The number of amidine groups is 1. The highest BCUT2D eigenvalue weighted by Crippen LogP contribution is 2.18. The Morgan fingerprint density at radius 1 is 0.868 bits per heavy atom. The Labute approximate surface area is 227 Å². The van der Waals surface area contributed by atoms with E-state index in [1.54, 1.807) is 74.7 Å². The summed E-state index contributed by atoms with van der Waals surface area (Å²) >= 11 is 0. The maximum absolute atomic E-state index is 13.4. The van der Waals surface area contributed by atoms with E-state index in [2.05, 4.69) is 5.32 Å². The third-order valence-electron chi connectivity index (χ3n) is 5.48. The van der Waals surface area contributed by atoms with Crippen molar-refractivity contribution >= 4 is 35.9 Å². The van der Waals surface area contributed by atoms with Gasteiger partial charge in [-0.2, -0.15) is 0 Å². The second kappa shape index (κ2) is 14.4. The van der Waals surface area contributed by atoms with E-state index in [0.717, 1.165) is 5.56 Å². The Morgan fingerprint density at radius 2 is 1.42 bits per heavy atom. The largest absolute Gasteiger partial charge is 0.497 e. The van der Waals surface area contributed by atoms with Gasteiger partial charge in [-0.05, 0) is 61.0 Å². The average Bonchev–Trinajstić information content (AvgIpc) is 2.92. The summed E-state index contributed by atoms with van der Waals surface area (Å²) in [5, 5.41) is 10.3. The van der Waals surface area contributed by atoms with E-state index in [1.165, 1.54) is 0 Å². The van der Waals surface area contributed by atoms with E-state index in [0.29, 0.717) is 28.2 Å². The maximum Gasteiger partial charge on any atom is 0.344 e. The van der Waals surface area contributed by atoms with Gasteiger partial charge in [-0.15, -0.1) is 12.4 Å². The van der Waals surface area contributed by atoms with Crippen molar-refractivity contribution in [2.45, 2.75) is 19.4 Å². The summed E-state index contributed by atoms with van der Waals surface area (Å²) in [6, 6.07) is 19.0. The number of Topliss-reactive ketones (excluding diaryl/α,β-unsaturated/α-hetero) is 1. The first-order valence-electron chi connectivity index (χ1n) is 11.6. The molecular weight excluding hydrogens is 510 g/mol. The molecule has 0 radical (unpaired) electrons. The molecule has 0 aromatic heterocycles. The van der Waals surface area contributed by atoms with Crippen LogP contribution >= 0.6 is 12.4 Å². The molecule has 0 saturated heterocycles. The minimum atomic E-state index is -0.861. The molecule has 4 N–H and O–H groups in total. The lowest BCUT2D eigenvalue weighted by Crippen LogP contribution is -2.42. The predicted octanol–water partition coefficient (Wildman–Crippen LogP) is 3.57. The van der Waals surface area contributed by atoms with Crippen molar-refractivity contribution in [2.75, 3.05) is 20.3 Å². The number of halogens is 1. The number of amides is 1. The lowest BCUT2D eigenvalue weighted by Gasteiger charge is -2.19. The van der Waals surface area contributed by atoms with Crippen LogP contribution in [-0.2, 0) is 16.0 Å². The van der Waals surface area contributed by atoms with Crippen molar-refractivity contribution in [1.29, 1.82) is 5.41 Å². The van der Waals surface area contributed by atoms with Crippen molar-refractivity contribution in [2.24, 2.45) is 5.73 Å². The topological polar surface area (TPSA) is 141 Å². The molecule has 3 aromatic carbocycles. The molecule has 0 unspecified atom stereocenters. The molecule has 0 spiro atoms. The zero-order chi connectivity index (χ0) is 26.8. The number of rotatable bonds is 12. The summed E-state index contributed by atoms with van der Waals surface area (Å²) in [5.74, 6) is -0.223. The van der Waals surface area contributed by atoms with Crippen molar-refractivity contribution in [3.8, 4) is 11.5 Å². The van der Waals surface area contributed by atoms with Gasteiger partial charge in [-0.3, -0.25) is 15.0 Å². The number of carbonyl (C=O) groups excluding carboxylic acids is 3. The maximum atomic E-state index is 13.4. The number of nitrogens with two attached hydrogens (primary N) is 1. The van der Waals surface area contributed by atoms with Crippen LogP contribution in [0, 0.1) is 5.41 Å². The highest BCUT2D eigenvalue weighted by molar-refractivity contribution is 6.05. The van der Waals surface area contributed by atoms with Gasteiger partial charge in [0.2, 0.25) is 0 Å². The van der Waals surface area contributed by atoms with Gasteiger partial charge in [-0.25, -0.2) is 4.79 Å². The number of methoxy groups -OCH3 is 1. The zero-order valence-corrected chi connectivity index (χ0v) is 21.9. The molecule has 0 aliphatic rings. The third-order valence-corrected chi connectivity index (χ3v) is 5.48. The van der Waals surface area contributed by atoms with Crippen LogP contribution in [-0.4, -0.2) is 49.9 Å². The first-order chi connectivity index (χ1) is 17.8. The summed E-state index contributed by atoms with van der Waals surface area (Å²) in [6.45, 7) is 1.73. The quantitative estimate of drug-likeness (QED) is 0.138. The average molecular weight is 540 g/mol. The van der Waals surface area contributed by atoms with Crippen LogP contribution < -0.4 is 20.5 Å². The minimum Gasteiger partial charge on any atom is -0.497 e. The number of hydrogen-bond acceptors (Lipinski definition) is 7. The van der Waals surface area contributed by atoms with Crippen molar-refractivity contribution < 1.29 is 28.6 Å². The van der Waals surface area contributed by atoms with Crippen LogP contribution in [0.15, 0.2) is 72.8 Å². The Kier molecular flexibility index (Phi) is 11.3. The van der Waals surface area contributed by atoms with Crippen LogP contribution in [0.2, 0.25) is 0 Å². The van der Waals surface area contributed by atoms with Gasteiger partial charge < -0.3 is 25.3 Å². The Morgan fingerprint density at radius 3 is 1.97 bits per heavy atom. The standard InChI is InChI=1S/C28H29N3O6.ClH/c1-3-36-25(32)17-37-23-14-10-19(11-15-23)26(33)24(16-18-4-12-22(35-2)13-5-18)31-28(34)21-8-6-20(7-9-21)27(29)30;/h4-15,24H,3,16-17H2,1-2H3,(H3,29,30)(H,31,34);1H/t24-;/m0./s1. The normalized spacial score (nSPS) is 10.9. The first kappa shape index (κ1) is 29.9. The molecule has 200 valence electrons. The molecular formula is C28H30ClN3O6. The molecule has 9 nitrogen and oxygen atoms in total. The number of ether oxygens (including phenoxy) is 3. The van der Waals surface area contributed by atoms with Crippen LogP contribution in [0.25, 0.3) is 0 Å². The van der Waals surface area contributed by atoms with Crippen LogP contribution in [0.4, 0.5) is 0 Å². The van der Waals surface area contributed by atoms with Gasteiger partial charge in [0.25, 0.3) is 5.91 Å². The molecule has 3 aromatic rings. The van der Waals surface area contributed by atoms with E-state index in [9.17, 15) is 14.4 Å². The van der Waals surface area contributed by atoms with E-state index in [-0.39, 0.29) is 43.7 Å². The summed E-state index contributed by atoms with van der Waals surface area (Å²) < 4.78 is 15.4. The number of benzene rings is 3. The lowest BCUT2D eigenvalue weighted by molar-refractivity contribution is -0.145. The molecule has 0 fully saturated rings. The molecule has 3 rings (SSSR count). The fourth-order valence-corrected chi connectivity index (χ4v) is 3.51. The minimum absolute atomic E-state index is 0. The number of ketones is 1. The van der Waals surface area contributed by atoms with Gasteiger partial charge in [0.05, 0.1) is 19.8 Å². The van der Waals surface area contributed by atoms with Gasteiger partial charge in [0.1, 0.15) is 17.3 Å². The second-order valence-corrected chi connectivity index (χ2v) is 8.05. The monoisotopic (exact) mass is 539 g/mol. The molecule has 38 heavy (non-hydrogen) atoms. The van der Waals surface area contributed by atoms with Gasteiger partial charge in [0, 0.05) is 23.1 Å². The second-order valence-electron chi connectivity index (χ2n) is 8.05. The summed E-state index contributed by atoms with van der Waals surface area (Å²) in [7, 11) is 1.57. The Bertz CT molecular complexity index is 1250. The van der Waals surface area contributed by atoms with Gasteiger partial charge >= 0.3 is 5.97 Å². The highest BCUT2D eigenvalue weighted by Gasteiger charge is 2.23. The van der Waals surface area contributed by atoms with Crippen molar-refractivity contribution in [1.82, 2.24) is 5.32 Å². The number of hydrogen-bond donors (Lipinski definition) is 3. The SMILES string of the molecule is CCOC(=O)COc1ccc(C(=O)[C@H](Cc2ccc(OC)cc2)NC(=O)c2ccc(C(=N)N)cc2)cc1.Cl.